The van der Waals surface area contributed by atoms with E-state index in [0.717, 1.165) is 45.7 Å². The lowest BCUT2D eigenvalue weighted by Crippen LogP contribution is -2.38. The van der Waals surface area contributed by atoms with Crippen LogP contribution in [0.4, 0.5) is 0 Å². The first-order valence-electron chi connectivity index (χ1n) is 9.49. The van der Waals surface area contributed by atoms with E-state index in [1.807, 2.05) is 0 Å². The molecule has 3 rings (SSSR count). The molecule has 1 atom stereocenters. The van der Waals surface area contributed by atoms with Crippen LogP contribution in [-0.4, -0.2) is 43.5 Å². The Kier molecular flexibility index (Phi) is 6.27. The summed E-state index contributed by atoms with van der Waals surface area (Å²) in [6.07, 6.45) is 4.22. The molecule has 1 saturated heterocycles. The summed E-state index contributed by atoms with van der Waals surface area (Å²) in [6.45, 7) is 8.26. The lowest BCUT2D eigenvalue weighted by atomic mass is 9.84. The summed E-state index contributed by atoms with van der Waals surface area (Å²) in [6, 6.07) is 8.70. The van der Waals surface area contributed by atoms with Crippen molar-refractivity contribution < 1.29 is 4.79 Å². The molecule has 24 heavy (non-hydrogen) atoms. The van der Waals surface area contributed by atoms with Crippen LogP contribution in [-0.2, 0) is 17.8 Å². The highest BCUT2D eigenvalue weighted by Crippen LogP contribution is 2.24. The maximum Gasteiger partial charge on any atom is 0.220 e. The smallest absolute Gasteiger partial charge is 0.220 e. The summed E-state index contributed by atoms with van der Waals surface area (Å²) in [5.74, 6) is 1.42. The molecule has 0 aliphatic carbocycles. The van der Waals surface area contributed by atoms with Gasteiger partial charge in [0.2, 0.25) is 5.91 Å². The van der Waals surface area contributed by atoms with E-state index in [1.165, 1.54) is 24.0 Å². The number of carbonyl (C=O) groups excluding carboxylic acids is 1. The third-order valence-corrected chi connectivity index (χ3v) is 5.66. The number of fused-ring (bicyclic) bond motifs is 1. The zero-order valence-corrected chi connectivity index (χ0v) is 14.9. The summed E-state index contributed by atoms with van der Waals surface area (Å²) < 4.78 is 0. The standard InChI is InChI=1S/C20H31N3O/c1-16(17-6-9-21-10-7-17)14-20(24)22-11-13-23-12-8-18-4-2-3-5-19(18)15-23/h2-5,16-17,21H,6-15H2,1H3,(H,22,24). The minimum absolute atomic E-state index is 0.221. The molecule has 2 N–H and O–H groups in total. The molecule has 2 heterocycles. The molecule has 1 aromatic rings. The van der Waals surface area contributed by atoms with Gasteiger partial charge in [0.05, 0.1) is 0 Å². The number of amides is 1. The van der Waals surface area contributed by atoms with Crippen LogP contribution in [0.15, 0.2) is 24.3 Å². The highest BCUT2D eigenvalue weighted by Gasteiger charge is 2.22. The van der Waals surface area contributed by atoms with Crippen molar-refractivity contribution in [3.8, 4) is 0 Å². The van der Waals surface area contributed by atoms with Crippen LogP contribution >= 0.6 is 0 Å². The SMILES string of the molecule is CC(CC(=O)NCCN1CCc2ccccc2C1)C1CCNCC1. The number of carbonyl (C=O) groups is 1. The molecule has 2 aliphatic rings. The molecule has 0 saturated carbocycles. The minimum atomic E-state index is 0.221. The van der Waals surface area contributed by atoms with E-state index < -0.39 is 0 Å². The topological polar surface area (TPSA) is 44.4 Å². The summed E-state index contributed by atoms with van der Waals surface area (Å²) in [7, 11) is 0. The predicted molar refractivity (Wildman–Crippen MR) is 97.8 cm³/mol. The average molecular weight is 329 g/mol. The molecular formula is C20H31N3O. The van der Waals surface area contributed by atoms with Crippen molar-refractivity contribution >= 4 is 5.91 Å². The third kappa shape index (κ3) is 4.81. The van der Waals surface area contributed by atoms with Gasteiger partial charge in [0.1, 0.15) is 0 Å². The van der Waals surface area contributed by atoms with Crippen LogP contribution in [0.25, 0.3) is 0 Å². The van der Waals surface area contributed by atoms with Gasteiger partial charge in [-0.1, -0.05) is 31.2 Å². The van der Waals surface area contributed by atoms with Gasteiger partial charge in [-0.25, -0.2) is 0 Å². The molecule has 1 unspecified atom stereocenters. The molecule has 4 nitrogen and oxygen atoms in total. The minimum Gasteiger partial charge on any atom is -0.355 e. The largest absolute Gasteiger partial charge is 0.355 e. The Morgan fingerprint density at radius 3 is 2.83 bits per heavy atom. The summed E-state index contributed by atoms with van der Waals surface area (Å²) in [5.41, 5.74) is 2.92. The van der Waals surface area contributed by atoms with Crippen molar-refractivity contribution in [3.63, 3.8) is 0 Å². The molecule has 0 aromatic heterocycles. The van der Waals surface area contributed by atoms with Gasteiger partial charge in [0.15, 0.2) is 0 Å². The molecule has 0 radical (unpaired) electrons. The Labute approximate surface area is 146 Å². The fraction of sp³-hybridized carbons (Fsp3) is 0.650. The summed E-state index contributed by atoms with van der Waals surface area (Å²) >= 11 is 0. The van der Waals surface area contributed by atoms with Gasteiger partial charge in [0.25, 0.3) is 0 Å². The third-order valence-electron chi connectivity index (χ3n) is 5.66. The molecule has 0 spiro atoms. The summed E-state index contributed by atoms with van der Waals surface area (Å²) in [4.78, 5) is 14.6. The van der Waals surface area contributed by atoms with Crippen LogP contribution in [0.1, 0.15) is 37.3 Å². The predicted octanol–water partition coefficient (Wildman–Crippen LogP) is 2.19. The Bertz CT molecular complexity index is 539. The Balaban J connectivity index is 1.35. The fourth-order valence-corrected chi connectivity index (χ4v) is 4.04. The molecule has 1 fully saturated rings. The number of piperidine rings is 1. The maximum atomic E-state index is 12.2. The first-order chi connectivity index (χ1) is 11.7. The maximum absolute atomic E-state index is 12.2. The number of rotatable bonds is 6. The highest BCUT2D eigenvalue weighted by atomic mass is 16.1. The number of benzene rings is 1. The Hall–Kier alpha value is -1.39. The van der Waals surface area contributed by atoms with Crippen LogP contribution in [0.5, 0.6) is 0 Å². The van der Waals surface area contributed by atoms with E-state index in [4.69, 9.17) is 0 Å². The lowest BCUT2D eigenvalue weighted by Gasteiger charge is -2.29. The molecule has 4 heteroatoms. The number of hydrogen-bond acceptors (Lipinski definition) is 3. The monoisotopic (exact) mass is 329 g/mol. The molecule has 1 aromatic carbocycles. The van der Waals surface area contributed by atoms with Crippen molar-refractivity contribution in [2.45, 2.75) is 39.2 Å². The first kappa shape index (κ1) is 17.4. The van der Waals surface area contributed by atoms with Crippen molar-refractivity contribution in [2.24, 2.45) is 11.8 Å². The van der Waals surface area contributed by atoms with Gasteiger partial charge in [-0.15, -0.1) is 0 Å². The second-order valence-electron chi connectivity index (χ2n) is 7.41. The van der Waals surface area contributed by atoms with Gasteiger partial charge < -0.3 is 10.6 Å². The van der Waals surface area contributed by atoms with Gasteiger partial charge in [-0.2, -0.15) is 0 Å². The molecular weight excluding hydrogens is 298 g/mol. The van der Waals surface area contributed by atoms with Gasteiger partial charge in [0, 0.05) is 32.6 Å². The van der Waals surface area contributed by atoms with Crippen LogP contribution in [0, 0.1) is 11.8 Å². The second-order valence-corrected chi connectivity index (χ2v) is 7.41. The van der Waals surface area contributed by atoms with E-state index in [2.05, 4.69) is 46.7 Å². The molecule has 0 bridgehead atoms. The lowest BCUT2D eigenvalue weighted by molar-refractivity contribution is -0.122. The van der Waals surface area contributed by atoms with Crippen molar-refractivity contribution in [1.29, 1.82) is 0 Å². The average Bonchev–Trinajstić information content (AvgIpc) is 2.62. The van der Waals surface area contributed by atoms with Crippen molar-refractivity contribution in [3.05, 3.63) is 35.4 Å². The normalized spacial score (nSPS) is 20.4. The number of nitrogens with one attached hydrogen (secondary N) is 2. The molecule has 1 amide bonds. The van der Waals surface area contributed by atoms with Gasteiger partial charge in [-0.05, 0) is 55.3 Å². The van der Waals surface area contributed by atoms with E-state index in [9.17, 15) is 4.79 Å². The van der Waals surface area contributed by atoms with Crippen LogP contribution < -0.4 is 10.6 Å². The Morgan fingerprint density at radius 2 is 2.04 bits per heavy atom. The Morgan fingerprint density at radius 1 is 1.29 bits per heavy atom. The van der Waals surface area contributed by atoms with Crippen molar-refractivity contribution in [2.75, 3.05) is 32.7 Å². The number of hydrogen-bond donors (Lipinski definition) is 2. The summed E-state index contributed by atoms with van der Waals surface area (Å²) in [5, 5.41) is 6.52. The second kappa shape index (κ2) is 8.63. The molecule has 2 aliphatic heterocycles. The zero-order chi connectivity index (χ0) is 16.8. The van der Waals surface area contributed by atoms with E-state index in [1.54, 1.807) is 0 Å². The van der Waals surface area contributed by atoms with E-state index in [0.29, 0.717) is 18.3 Å². The molecule has 132 valence electrons. The quantitative estimate of drug-likeness (QED) is 0.841. The number of nitrogens with zero attached hydrogens (tertiary/aromatic N) is 1. The van der Waals surface area contributed by atoms with E-state index >= 15 is 0 Å². The van der Waals surface area contributed by atoms with Gasteiger partial charge in [-0.3, -0.25) is 9.69 Å². The zero-order valence-electron chi connectivity index (χ0n) is 14.9. The van der Waals surface area contributed by atoms with E-state index in [-0.39, 0.29) is 5.91 Å². The first-order valence-corrected chi connectivity index (χ1v) is 9.49. The van der Waals surface area contributed by atoms with Crippen LogP contribution in [0.2, 0.25) is 0 Å². The van der Waals surface area contributed by atoms with Gasteiger partial charge >= 0.3 is 0 Å². The fourth-order valence-electron chi connectivity index (χ4n) is 4.04. The van der Waals surface area contributed by atoms with Crippen molar-refractivity contribution in [1.82, 2.24) is 15.5 Å². The van der Waals surface area contributed by atoms with Crippen LogP contribution in [0.3, 0.4) is 0 Å². The highest BCUT2D eigenvalue weighted by molar-refractivity contribution is 5.76.